The van der Waals surface area contributed by atoms with E-state index < -0.39 is 0 Å². The molecule has 2 amide bonds. The first kappa shape index (κ1) is 10.5. The highest BCUT2D eigenvalue weighted by Crippen LogP contribution is 2.23. The number of fused-ring (bicyclic) bond motifs is 1. The maximum Gasteiger partial charge on any atom is 0.245 e. The first-order chi connectivity index (χ1) is 7.24. The summed E-state index contributed by atoms with van der Waals surface area (Å²) in [6.07, 6.45) is 4.63. The fourth-order valence-corrected chi connectivity index (χ4v) is 2.44. The van der Waals surface area contributed by atoms with Gasteiger partial charge in [-0.3, -0.25) is 9.59 Å². The molecule has 2 saturated heterocycles. The zero-order chi connectivity index (χ0) is 10.8. The highest BCUT2D eigenvalue weighted by Gasteiger charge is 2.42. The summed E-state index contributed by atoms with van der Waals surface area (Å²) in [6, 6.07) is -0.429. The lowest BCUT2D eigenvalue weighted by Crippen LogP contribution is -2.60. The van der Waals surface area contributed by atoms with E-state index in [0.717, 1.165) is 38.6 Å². The van der Waals surface area contributed by atoms with E-state index in [0.29, 0.717) is 0 Å². The van der Waals surface area contributed by atoms with Crippen LogP contribution in [-0.2, 0) is 9.59 Å². The van der Waals surface area contributed by atoms with E-state index in [1.54, 1.807) is 4.90 Å². The molecular weight excluding hydrogens is 192 g/mol. The molecular formula is C11H18N2O2. The van der Waals surface area contributed by atoms with E-state index in [2.05, 4.69) is 12.2 Å². The average Bonchev–Trinajstić information content (AvgIpc) is 2.70. The number of rotatable bonds is 3. The van der Waals surface area contributed by atoms with Gasteiger partial charge in [-0.15, -0.1) is 0 Å². The van der Waals surface area contributed by atoms with Gasteiger partial charge in [0.25, 0.3) is 0 Å². The molecule has 2 atom stereocenters. The van der Waals surface area contributed by atoms with Gasteiger partial charge in [0.15, 0.2) is 0 Å². The van der Waals surface area contributed by atoms with Crippen molar-refractivity contribution in [2.45, 2.75) is 51.1 Å². The molecule has 2 aliphatic rings. The van der Waals surface area contributed by atoms with Gasteiger partial charge in [-0.05, 0) is 19.3 Å². The zero-order valence-electron chi connectivity index (χ0n) is 9.16. The van der Waals surface area contributed by atoms with Crippen LogP contribution in [0.1, 0.15) is 39.0 Å². The van der Waals surface area contributed by atoms with Gasteiger partial charge in [0, 0.05) is 6.54 Å². The van der Waals surface area contributed by atoms with E-state index in [4.69, 9.17) is 0 Å². The third kappa shape index (κ3) is 1.85. The van der Waals surface area contributed by atoms with Crippen LogP contribution in [0, 0.1) is 0 Å². The number of nitrogens with zero attached hydrogens (tertiary/aromatic N) is 1. The van der Waals surface area contributed by atoms with E-state index in [9.17, 15) is 9.59 Å². The van der Waals surface area contributed by atoms with Crippen molar-refractivity contribution in [1.82, 2.24) is 10.2 Å². The topological polar surface area (TPSA) is 49.4 Å². The third-order valence-electron chi connectivity index (χ3n) is 3.30. The van der Waals surface area contributed by atoms with E-state index in [-0.39, 0.29) is 23.9 Å². The lowest BCUT2D eigenvalue weighted by Gasteiger charge is -2.34. The van der Waals surface area contributed by atoms with Gasteiger partial charge in [0.05, 0.1) is 0 Å². The number of nitrogens with one attached hydrogen (secondary N) is 1. The van der Waals surface area contributed by atoms with Crippen molar-refractivity contribution in [1.29, 1.82) is 0 Å². The van der Waals surface area contributed by atoms with Crippen LogP contribution in [0.3, 0.4) is 0 Å². The van der Waals surface area contributed by atoms with Crippen molar-refractivity contribution in [3.63, 3.8) is 0 Å². The number of amides is 2. The third-order valence-corrected chi connectivity index (χ3v) is 3.30. The zero-order valence-corrected chi connectivity index (χ0v) is 9.16. The molecule has 0 radical (unpaired) electrons. The monoisotopic (exact) mass is 210 g/mol. The summed E-state index contributed by atoms with van der Waals surface area (Å²) in [5, 5.41) is 2.84. The Balaban J connectivity index is 2.03. The van der Waals surface area contributed by atoms with Gasteiger partial charge in [-0.2, -0.15) is 0 Å². The summed E-state index contributed by atoms with van der Waals surface area (Å²) in [5.41, 5.74) is 0. The second-order valence-electron chi connectivity index (χ2n) is 4.39. The van der Waals surface area contributed by atoms with Crippen molar-refractivity contribution in [3.05, 3.63) is 0 Å². The van der Waals surface area contributed by atoms with Crippen LogP contribution in [0.2, 0.25) is 0 Å². The molecule has 2 heterocycles. The summed E-state index contributed by atoms with van der Waals surface area (Å²) < 4.78 is 0. The maximum atomic E-state index is 12.0. The van der Waals surface area contributed by atoms with Crippen LogP contribution < -0.4 is 5.32 Å². The lowest BCUT2D eigenvalue weighted by atomic mass is 10.0. The highest BCUT2D eigenvalue weighted by atomic mass is 16.2. The Morgan fingerprint density at radius 1 is 1.47 bits per heavy atom. The van der Waals surface area contributed by atoms with Gasteiger partial charge in [0.1, 0.15) is 12.1 Å². The Morgan fingerprint density at radius 2 is 2.27 bits per heavy atom. The molecule has 2 fully saturated rings. The summed E-state index contributed by atoms with van der Waals surface area (Å²) >= 11 is 0. The number of carbonyl (C=O) groups excluding carboxylic acids is 2. The van der Waals surface area contributed by atoms with Gasteiger partial charge < -0.3 is 10.2 Å². The van der Waals surface area contributed by atoms with E-state index in [1.165, 1.54) is 0 Å². The molecule has 4 nitrogen and oxygen atoms in total. The number of unbranched alkanes of at least 4 members (excludes halogenated alkanes) is 1. The quantitative estimate of drug-likeness (QED) is 0.744. The summed E-state index contributed by atoms with van der Waals surface area (Å²) in [4.78, 5) is 25.4. The number of hydrogen-bond acceptors (Lipinski definition) is 2. The second kappa shape index (κ2) is 4.21. The minimum absolute atomic E-state index is 0.0493. The Morgan fingerprint density at radius 3 is 3.00 bits per heavy atom. The highest BCUT2D eigenvalue weighted by molar-refractivity contribution is 5.97. The molecule has 84 valence electrons. The Hall–Kier alpha value is -1.06. The molecule has 0 aromatic carbocycles. The van der Waals surface area contributed by atoms with Crippen LogP contribution in [-0.4, -0.2) is 35.3 Å². The molecule has 1 N–H and O–H groups in total. The van der Waals surface area contributed by atoms with Gasteiger partial charge in [-0.1, -0.05) is 19.8 Å². The molecule has 4 heteroatoms. The maximum absolute atomic E-state index is 12.0. The fraction of sp³-hybridized carbons (Fsp3) is 0.818. The molecule has 2 aliphatic heterocycles. The number of hydrogen-bond donors (Lipinski definition) is 1. The van der Waals surface area contributed by atoms with Crippen LogP contribution in [0.25, 0.3) is 0 Å². The molecule has 0 unspecified atom stereocenters. The largest absolute Gasteiger partial charge is 0.343 e. The molecule has 0 aromatic heterocycles. The van der Waals surface area contributed by atoms with Gasteiger partial charge in [-0.25, -0.2) is 0 Å². The normalized spacial score (nSPS) is 30.3. The number of carbonyl (C=O) groups is 2. The summed E-state index contributed by atoms with van der Waals surface area (Å²) in [5.74, 6) is 0.179. The predicted octanol–water partition coefficient (Wildman–Crippen LogP) is 0.666. The van der Waals surface area contributed by atoms with Crippen LogP contribution in [0.4, 0.5) is 0 Å². The average molecular weight is 210 g/mol. The van der Waals surface area contributed by atoms with Crippen LogP contribution in [0.15, 0.2) is 0 Å². The molecule has 0 spiro atoms. The van der Waals surface area contributed by atoms with Crippen LogP contribution in [0.5, 0.6) is 0 Å². The molecule has 15 heavy (non-hydrogen) atoms. The Kier molecular flexibility index (Phi) is 2.93. The SMILES string of the molecule is CCCC[C@H]1NC(=O)[C@@H]2CCCN2C1=O. The molecule has 0 bridgehead atoms. The summed E-state index contributed by atoms with van der Waals surface area (Å²) in [6.45, 7) is 2.85. The standard InChI is InChI=1S/C11H18N2O2/c1-2-3-5-8-11(15)13-7-4-6-9(13)10(14)12-8/h8-9H,2-7H2,1H3,(H,12,14)/t8-,9+/m1/s1. The van der Waals surface area contributed by atoms with Crippen molar-refractivity contribution in [2.75, 3.05) is 6.54 Å². The fourth-order valence-electron chi connectivity index (χ4n) is 2.44. The van der Waals surface area contributed by atoms with Crippen molar-refractivity contribution >= 4 is 11.8 Å². The molecule has 0 aromatic rings. The lowest BCUT2D eigenvalue weighted by molar-refractivity contribution is -0.147. The van der Waals surface area contributed by atoms with Crippen molar-refractivity contribution in [2.24, 2.45) is 0 Å². The van der Waals surface area contributed by atoms with Crippen LogP contribution >= 0.6 is 0 Å². The Bertz CT molecular complexity index is 278. The van der Waals surface area contributed by atoms with E-state index in [1.807, 2.05) is 0 Å². The van der Waals surface area contributed by atoms with Crippen molar-refractivity contribution < 1.29 is 9.59 Å². The van der Waals surface area contributed by atoms with E-state index >= 15 is 0 Å². The van der Waals surface area contributed by atoms with Crippen molar-refractivity contribution in [3.8, 4) is 0 Å². The molecule has 0 saturated carbocycles. The molecule has 2 rings (SSSR count). The molecule has 0 aliphatic carbocycles. The Labute approximate surface area is 90.0 Å². The predicted molar refractivity (Wildman–Crippen MR) is 56.2 cm³/mol. The smallest absolute Gasteiger partial charge is 0.245 e. The minimum atomic E-state index is -0.258. The first-order valence-corrected chi connectivity index (χ1v) is 5.85. The van der Waals surface area contributed by atoms with Gasteiger partial charge in [0.2, 0.25) is 11.8 Å². The minimum Gasteiger partial charge on any atom is -0.343 e. The first-order valence-electron chi connectivity index (χ1n) is 5.85. The van der Waals surface area contributed by atoms with Gasteiger partial charge >= 0.3 is 0 Å². The second-order valence-corrected chi connectivity index (χ2v) is 4.39. The summed E-state index contributed by atoms with van der Waals surface area (Å²) in [7, 11) is 0. The number of piperazine rings is 1.